The van der Waals surface area contributed by atoms with E-state index in [0.717, 1.165) is 4.90 Å². The zero-order chi connectivity index (χ0) is 15.4. The monoisotopic (exact) mass is 283 g/mol. The van der Waals surface area contributed by atoms with Crippen LogP contribution in [-0.2, 0) is 11.3 Å². The van der Waals surface area contributed by atoms with Crippen molar-refractivity contribution in [1.29, 1.82) is 0 Å². The number of carboxylic acid groups (broad SMARTS) is 1. The van der Waals surface area contributed by atoms with Gasteiger partial charge in [0.05, 0.1) is 11.1 Å². The highest BCUT2D eigenvalue weighted by Gasteiger charge is 2.26. The third-order valence-electron chi connectivity index (χ3n) is 2.84. The number of aliphatic carboxylic acids is 1. The molecule has 0 aliphatic rings. The summed E-state index contributed by atoms with van der Waals surface area (Å²) in [6.07, 6.45) is 1.27. The third-order valence-corrected chi connectivity index (χ3v) is 2.84. The maximum absolute atomic E-state index is 12.4. The molecule has 0 aliphatic carbocycles. The summed E-state index contributed by atoms with van der Waals surface area (Å²) in [6.45, 7) is 5.06. The Bertz CT molecular complexity index is 535. The van der Waals surface area contributed by atoms with Crippen LogP contribution in [0.4, 0.5) is 5.69 Å². The van der Waals surface area contributed by atoms with Gasteiger partial charge in [0, 0.05) is 18.7 Å². The minimum Gasteiger partial charge on any atom is -0.480 e. The number of amides is 1. The highest BCUT2D eigenvalue weighted by atomic mass is 16.6. The van der Waals surface area contributed by atoms with Crippen molar-refractivity contribution in [2.24, 2.45) is 0 Å². The van der Waals surface area contributed by atoms with E-state index in [0.29, 0.717) is 6.54 Å². The molecule has 0 saturated heterocycles. The van der Waals surface area contributed by atoms with E-state index in [1.165, 1.54) is 16.8 Å². The van der Waals surface area contributed by atoms with E-state index >= 15 is 0 Å². The van der Waals surface area contributed by atoms with Gasteiger partial charge in [-0.3, -0.25) is 19.7 Å². The van der Waals surface area contributed by atoms with E-state index in [1.807, 2.05) is 0 Å². The Morgan fingerprint density at radius 1 is 1.50 bits per heavy atom. The molecule has 8 nitrogen and oxygen atoms in total. The normalized spacial score (nSPS) is 10.6. The summed E-state index contributed by atoms with van der Waals surface area (Å²) in [4.78, 5) is 34.5. The fourth-order valence-corrected chi connectivity index (χ4v) is 1.82. The van der Waals surface area contributed by atoms with Gasteiger partial charge in [-0.25, -0.2) is 0 Å². The van der Waals surface area contributed by atoms with Gasteiger partial charge >= 0.3 is 5.97 Å². The van der Waals surface area contributed by atoms with Crippen LogP contribution in [0.5, 0.6) is 0 Å². The Morgan fingerprint density at radius 3 is 2.50 bits per heavy atom. The van der Waals surface area contributed by atoms with E-state index < -0.39 is 23.3 Å². The van der Waals surface area contributed by atoms with Crippen LogP contribution >= 0.6 is 0 Å². The van der Waals surface area contributed by atoms with Crippen molar-refractivity contribution in [2.45, 2.75) is 33.4 Å². The van der Waals surface area contributed by atoms with Crippen LogP contribution in [0.3, 0.4) is 0 Å². The Hall–Kier alpha value is -2.38. The number of nitrogens with zero attached hydrogens (tertiary/aromatic N) is 3. The van der Waals surface area contributed by atoms with E-state index in [1.54, 1.807) is 20.8 Å². The largest absolute Gasteiger partial charge is 0.480 e. The van der Waals surface area contributed by atoms with Gasteiger partial charge in [0.1, 0.15) is 12.2 Å². The van der Waals surface area contributed by atoms with Gasteiger partial charge in [-0.15, -0.1) is 0 Å². The molecule has 1 aromatic rings. The number of aromatic nitrogens is 1. The number of hydrogen-bond acceptors (Lipinski definition) is 4. The summed E-state index contributed by atoms with van der Waals surface area (Å²) in [6, 6.07) is 0.848. The van der Waals surface area contributed by atoms with Crippen LogP contribution in [0.25, 0.3) is 0 Å². The first-order valence-electron chi connectivity index (χ1n) is 6.15. The second kappa shape index (κ2) is 6.18. The van der Waals surface area contributed by atoms with Gasteiger partial charge < -0.3 is 14.6 Å². The molecule has 0 radical (unpaired) electrons. The molecular formula is C12H17N3O5. The Labute approximate surface area is 115 Å². The summed E-state index contributed by atoms with van der Waals surface area (Å²) < 4.78 is 1.44. The second-order valence-electron chi connectivity index (χ2n) is 4.55. The standard InChI is InChI=1S/C12H17N3O5/c1-4-13-6-9(15(19)20)5-10(13)12(18)14(8(2)3)7-11(16)17/h5-6,8H,4,7H2,1-3H3,(H,16,17). The number of carbonyl (C=O) groups excluding carboxylic acids is 1. The van der Waals surface area contributed by atoms with Gasteiger partial charge in [-0.1, -0.05) is 0 Å². The van der Waals surface area contributed by atoms with Crippen LogP contribution in [-0.4, -0.2) is 44.0 Å². The van der Waals surface area contributed by atoms with E-state index in [9.17, 15) is 19.7 Å². The van der Waals surface area contributed by atoms with Crippen molar-refractivity contribution in [3.63, 3.8) is 0 Å². The van der Waals surface area contributed by atoms with Gasteiger partial charge in [0.15, 0.2) is 0 Å². The smallest absolute Gasteiger partial charge is 0.323 e. The summed E-state index contributed by atoms with van der Waals surface area (Å²) in [5, 5.41) is 19.6. The van der Waals surface area contributed by atoms with E-state index in [-0.39, 0.29) is 17.4 Å². The van der Waals surface area contributed by atoms with Crippen LogP contribution < -0.4 is 0 Å². The van der Waals surface area contributed by atoms with Gasteiger partial charge in [-0.2, -0.15) is 0 Å². The number of hydrogen-bond donors (Lipinski definition) is 1. The first-order valence-corrected chi connectivity index (χ1v) is 6.15. The van der Waals surface area contributed by atoms with Crippen molar-refractivity contribution in [2.75, 3.05) is 6.54 Å². The lowest BCUT2D eigenvalue weighted by Crippen LogP contribution is -2.41. The second-order valence-corrected chi connectivity index (χ2v) is 4.55. The minimum atomic E-state index is -1.13. The fourth-order valence-electron chi connectivity index (χ4n) is 1.82. The topological polar surface area (TPSA) is 106 Å². The molecule has 0 spiro atoms. The molecule has 1 N–H and O–H groups in total. The first-order chi connectivity index (χ1) is 9.27. The molecule has 1 aromatic heterocycles. The van der Waals surface area contributed by atoms with Crippen molar-refractivity contribution < 1.29 is 19.6 Å². The maximum Gasteiger partial charge on any atom is 0.323 e. The first kappa shape index (κ1) is 15.7. The number of nitro groups is 1. The lowest BCUT2D eigenvalue weighted by atomic mass is 10.2. The summed E-state index contributed by atoms with van der Waals surface area (Å²) in [5.41, 5.74) is -0.0663. The fraction of sp³-hybridized carbons (Fsp3) is 0.500. The average molecular weight is 283 g/mol. The van der Waals surface area contributed by atoms with Gasteiger partial charge in [-0.05, 0) is 20.8 Å². The summed E-state index contributed by atoms with van der Waals surface area (Å²) in [5.74, 6) is -1.66. The molecule has 0 fully saturated rings. The quantitative estimate of drug-likeness (QED) is 0.626. The molecule has 1 heterocycles. The molecule has 1 amide bonds. The Kier molecular flexibility index (Phi) is 4.84. The lowest BCUT2D eigenvalue weighted by molar-refractivity contribution is -0.384. The van der Waals surface area contributed by atoms with Crippen LogP contribution in [0, 0.1) is 10.1 Å². The highest BCUT2D eigenvalue weighted by Crippen LogP contribution is 2.19. The molecule has 0 atom stereocenters. The molecule has 0 saturated carbocycles. The molecular weight excluding hydrogens is 266 g/mol. The molecule has 0 aliphatic heterocycles. The number of rotatable bonds is 6. The van der Waals surface area contributed by atoms with Crippen molar-refractivity contribution >= 4 is 17.6 Å². The SMILES string of the molecule is CCn1cc([N+](=O)[O-])cc1C(=O)N(CC(=O)O)C(C)C. The van der Waals surface area contributed by atoms with Crippen LogP contribution in [0.1, 0.15) is 31.3 Å². The Balaban J connectivity index is 3.17. The highest BCUT2D eigenvalue weighted by molar-refractivity contribution is 5.95. The van der Waals surface area contributed by atoms with Gasteiger partial charge in [0.2, 0.25) is 0 Å². The predicted molar refractivity (Wildman–Crippen MR) is 70.6 cm³/mol. The van der Waals surface area contributed by atoms with Crippen molar-refractivity contribution in [3.8, 4) is 0 Å². The number of carboxylic acids is 1. The predicted octanol–water partition coefficient (Wildman–Crippen LogP) is 1.35. The van der Waals surface area contributed by atoms with Crippen LogP contribution in [0.2, 0.25) is 0 Å². The molecule has 8 heteroatoms. The molecule has 0 aromatic carbocycles. The zero-order valence-corrected chi connectivity index (χ0v) is 11.6. The summed E-state index contributed by atoms with van der Waals surface area (Å²) >= 11 is 0. The van der Waals surface area contributed by atoms with Crippen LogP contribution in [0.15, 0.2) is 12.3 Å². The molecule has 1 rings (SSSR count). The third kappa shape index (κ3) is 3.34. The summed E-state index contributed by atoms with van der Waals surface area (Å²) in [7, 11) is 0. The molecule has 20 heavy (non-hydrogen) atoms. The number of aryl methyl sites for hydroxylation is 1. The number of carbonyl (C=O) groups is 2. The van der Waals surface area contributed by atoms with Gasteiger partial charge in [0.25, 0.3) is 11.6 Å². The molecule has 0 unspecified atom stereocenters. The lowest BCUT2D eigenvalue weighted by Gasteiger charge is -2.25. The maximum atomic E-state index is 12.4. The Morgan fingerprint density at radius 2 is 2.10 bits per heavy atom. The zero-order valence-electron chi connectivity index (χ0n) is 11.6. The van der Waals surface area contributed by atoms with E-state index in [2.05, 4.69) is 0 Å². The van der Waals surface area contributed by atoms with Crippen molar-refractivity contribution in [3.05, 3.63) is 28.1 Å². The van der Waals surface area contributed by atoms with Crippen molar-refractivity contribution in [1.82, 2.24) is 9.47 Å². The average Bonchev–Trinajstić information content (AvgIpc) is 2.78. The minimum absolute atomic E-state index is 0.120. The van der Waals surface area contributed by atoms with E-state index in [4.69, 9.17) is 5.11 Å². The molecule has 110 valence electrons. The molecule has 0 bridgehead atoms.